The molecule has 0 spiro atoms. The van der Waals surface area contributed by atoms with Crippen LogP contribution in [-0.2, 0) is 6.54 Å². The van der Waals surface area contributed by atoms with Crippen molar-refractivity contribution >= 4 is 11.6 Å². The largest absolute Gasteiger partial charge is 0.366 e. The van der Waals surface area contributed by atoms with Crippen molar-refractivity contribution in [3.63, 3.8) is 0 Å². The van der Waals surface area contributed by atoms with Gasteiger partial charge in [-0.3, -0.25) is 0 Å². The maximum absolute atomic E-state index is 4.66. The van der Waals surface area contributed by atoms with Crippen molar-refractivity contribution < 1.29 is 0 Å². The first-order chi connectivity index (χ1) is 11.7. The molecule has 1 fully saturated rings. The van der Waals surface area contributed by atoms with Crippen LogP contribution in [0.1, 0.15) is 56.7 Å². The number of rotatable bonds is 5. The van der Waals surface area contributed by atoms with E-state index in [9.17, 15) is 0 Å². The Hall–Kier alpha value is -2.17. The van der Waals surface area contributed by atoms with Crippen LogP contribution < -0.4 is 10.2 Å². The molecule has 24 heavy (non-hydrogen) atoms. The van der Waals surface area contributed by atoms with Crippen molar-refractivity contribution in [3.05, 3.63) is 42.0 Å². The molecule has 128 valence electrons. The molecule has 1 aliphatic heterocycles. The van der Waals surface area contributed by atoms with E-state index in [1.807, 2.05) is 12.3 Å². The minimum atomic E-state index is 0.406. The summed E-state index contributed by atoms with van der Waals surface area (Å²) in [6, 6.07) is 6.32. The van der Waals surface area contributed by atoms with Gasteiger partial charge in [0.25, 0.3) is 0 Å². The molecule has 1 saturated heterocycles. The molecular weight excluding hydrogens is 298 g/mol. The van der Waals surface area contributed by atoms with E-state index in [-0.39, 0.29) is 0 Å². The fourth-order valence-corrected chi connectivity index (χ4v) is 2.99. The van der Waals surface area contributed by atoms with Gasteiger partial charge in [-0.15, -0.1) is 0 Å². The Morgan fingerprint density at radius 3 is 2.50 bits per heavy atom. The fraction of sp³-hybridized carbons (Fsp3) is 0.526. The number of anilines is 2. The van der Waals surface area contributed by atoms with E-state index in [4.69, 9.17) is 0 Å². The normalized spacial score (nSPS) is 15.4. The van der Waals surface area contributed by atoms with Crippen molar-refractivity contribution in [1.82, 2.24) is 15.0 Å². The van der Waals surface area contributed by atoms with Gasteiger partial charge in [-0.25, -0.2) is 15.0 Å². The van der Waals surface area contributed by atoms with E-state index in [0.717, 1.165) is 37.0 Å². The van der Waals surface area contributed by atoms with Crippen LogP contribution in [0.25, 0.3) is 0 Å². The maximum Gasteiger partial charge on any atom is 0.129 e. The van der Waals surface area contributed by atoms with E-state index in [1.54, 1.807) is 6.33 Å². The highest BCUT2D eigenvalue weighted by atomic mass is 15.2. The molecule has 0 aliphatic carbocycles. The molecule has 5 nitrogen and oxygen atoms in total. The summed E-state index contributed by atoms with van der Waals surface area (Å²) in [6.45, 7) is 7.25. The fourth-order valence-electron chi connectivity index (χ4n) is 2.99. The topological polar surface area (TPSA) is 53.9 Å². The quantitative estimate of drug-likeness (QED) is 0.901. The predicted octanol–water partition coefficient (Wildman–Crippen LogP) is 3.99. The summed E-state index contributed by atoms with van der Waals surface area (Å²) < 4.78 is 0. The lowest BCUT2D eigenvalue weighted by Crippen LogP contribution is -2.24. The molecule has 1 N–H and O–H groups in total. The third-order valence-electron chi connectivity index (χ3n) is 4.49. The summed E-state index contributed by atoms with van der Waals surface area (Å²) in [4.78, 5) is 15.6. The predicted molar refractivity (Wildman–Crippen MR) is 98.4 cm³/mol. The minimum absolute atomic E-state index is 0.406. The summed E-state index contributed by atoms with van der Waals surface area (Å²) in [6.07, 6.45) is 8.83. The Labute approximate surface area is 144 Å². The molecule has 2 aromatic heterocycles. The van der Waals surface area contributed by atoms with Gasteiger partial charge in [0, 0.05) is 37.6 Å². The van der Waals surface area contributed by atoms with E-state index >= 15 is 0 Å². The standard InChI is InChI=1S/C19H27N5/c1-15(2)17-11-18(23-14-22-17)20-12-16-7-8-19(21-13-16)24-9-5-3-4-6-10-24/h7-8,11,13-15H,3-6,9-10,12H2,1-2H3,(H,20,22,23). The Morgan fingerprint density at radius 1 is 1.04 bits per heavy atom. The molecule has 2 aromatic rings. The minimum Gasteiger partial charge on any atom is -0.366 e. The van der Waals surface area contributed by atoms with Crippen molar-refractivity contribution in [1.29, 1.82) is 0 Å². The van der Waals surface area contributed by atoms with Crippen molar-refractivity contribution in [3.8, 4) is 0 Å². The first kappa shape index (κ1) is 16.7. The smallest absolute Gasteiger partial charge is 0.129 e. The van der Waals surface area contributed by atoms with Gasteiger partial charge >= 0.3 is 0 Å². The van der Waals surface area contributed by atoms with Gasteiger partial charge in [0.1, 0.15) is 18.0 Å². The summed E-state index contributed by atoms with van der Waals surface area (Å²) in [5.74, 6) is 2.37. The molecular formula is C19H27N5. The molecule has 0 unspecified atom stereocenters. The van der Waals surface area contributed by atoms with E-state index < -0.39 is 0 Å². The lowest BCUT2D eigenvalue weighted by Gasteiger charge is -2.21. The SMILES string of the molecule is CC(C)c1cc(NCc2ccc(N3CCCCCC3)nc2)ncn1. The van der Waals surface area contributed by atoms with Crippen molar-refractivity contribution in [2.75, 3.05) is 23.3 Å². The zero-order chi connectivity index (χ0) is 16.8. The van der Waals surface area contributed by atoms with E-state index in [0.29, 0.717) is 5.92 Å². The van der Waals surface area contributed by atoms with Gasteiger partial charge in [0.05, 0.1) is 0 Å². The van der Waals surface area contributed by atoms with Crippen molar-refractivity contribution in [2.45, 2.75) is 52.0 Å². The maximum atomic E-state index is 4.66. The Bertz CT molecular complexity index is 630. The highest BCUT2D eigenvalue weighted by Crippen LogP contribution is 2.18. The molecule has 1 aliphatic rings. The molecule has 0 amide bonds. The Kier molecular flexibility index (Phi) is 5.62. The van der Waals surface area contributed by atoms with Gasteiger partial charge in [-0.05, 0) is 30.4 Å². The van der Waals surface area contributed by atoms with Crippen LogP contribution in [0.15, 0.2) is 30.7 Å². The summed E-state index contributed by atoms with van der Waals surface area (Å²) in [7, 11) is 0. The number of hydrogen-bond donors (Lipinski definition) is 1. The van der Waals surface area contributed by atoms with Gasteiger partial charge < -0.3 is 10.2 Å². The van der Waals surface area contributed by atoms with Crippen LogP contribution in [0.3, 0.4) is 0 Å². The number of hydrogen-bond acceptors (Lipinski definition) is 5. The summed E-state index contributed by atoms with van der Waals surface area (Å²) >= 11 is 0. The zero-order valence-corrected chi connectivity index (χ0v) is 14.7. The first-order valence-corrected chi connectivity index (χ1v) is 8.98. The number of nitrogens with zero attached hydrogens (tertiary/aromatic N) is 4. The number of nitrogens with one attached hydrogen (secondary N) is 1. The van der Waals surface area contributed by atoms with Crippen LogP contribution in [-0.4, -0.2) is 28.0 Å². The van der Waals surface area contributed by atoms with Gasteiger partial charge in [0.2, 0.25) is 0 Å². The molecule has 3 rings (SSSR count). The highest BCUT2D eigenvalue weighted by molar-refractivity contribution is 5.41. The van der Waals surface area contributed by atoms with Crippen LogP contribution >= 0.6 is 0 Å². The molecule has 3 heterocycles. The number of aromatic nitrogens is 3. The average Bonchev–Trinajstić information content (AvgIpc) is 2.90. The van der Waals surface area contributed by atoms with Crippen LogP contribution in [0, 0.1) is 0 Å². The second-order valence-electron chi connectivity index (χ2n) is 6.76. The Balaban J connectivity index is 1.59. The molecule has 0 atom stereocenters. The third-order valence-corrected chi connectivity index (χ3v) is 4.49. The van der Waals surface area contributed by atoms with E-state index in [1.165, 1.54) is 31.2 Å². The molecule has 0 aromatic carbocycles. The van der Waals surface area contributed by atoms with Crippen molar-refractivity contribution in [2.24, 2.45) is 0 Å². The molecule has 5 heteroatoms. The first-order valence-electron chi connectivity index (χ1n) is 8.98. The zero-order valence-electron chi connectivity index (χ0n) is 14.7. The average molecular weight is 325 g/mol. The monoisotopic (exact) mass is 325 g/mol. The second-order valence-corrected chi connectivity index (χ2v) is 6.76. The van der Waals surface area contributed by atoms with E-state index in [2.05, 4.69) is 51.1 Å². The van der Waals surface area contributed by atoms with Crippen LogP contribution in [0.5, 0.6) is 0 Å². The lowest BCUT2D eigenvalue weighted by atomic mass is 10.1. The lowest BCUT2D eigenvalue weighted by molar-refractivity contribution is 0.726. The molecule has 0 bridgehead atoms. The van der Waals surface area contributed by atoms with Gasteiger partial charge in [-0.1, -0.05) is 32.8 Å². The van der Waals surface area contributed by atoms with Gasteiger partial charge in [-0.2, -0.15) is 0 Å². The summed E-state index contributed by atoms with van der Waals surface area (Å²) in [5.41, 5.74) is 2.22. The summed E-state index contributed by atoms with van der Waals surface area (Å²) in [5, 5.41) is 3.36. The number of pyridine rings is 1. The van der Waals surface area contributed by atoms with Gasteiger partial charge in [0.15, 0.2) is 0 Å². The molecule has 0 radical (unpaired) electrons. The Morgan fingerprint density at radius 2 is 1.83 bits per heavy atom. The highest BCUT2D eigenvalue weighted by Gasteiger charge is 2.10. The van der Waals surface area contributed by atoms with Crippen LogP contribution in [0.2, 0.25) is 0 Å². The molecule has 0 saturated carbocycles. The third kappa shape index (κ3) is 4.43. The second kappa shape index (κ2) is 8.08. The van der Waals surface area contributed by atoms with Crippen LogP contribution in [0.4, 0.5) is 11.6 Å².